The summed E-state index contributed by atoms with van der Waals surface area (Å²) in [5, 5.41) is 9.34. The van der Waals surface area contributed by atoms with Crippen molar-refractivity contribution < 1.29 is 9.59 Å². The Morgan fingerprint density at radius 3 is 2.00 bits per heavy atom. The third kappa shape index (κ3) is 2.70. The van der Waals surface area contributed by atoms with E-state index in [1.54, 1.807) is 0 Å². The van der Waals surface area contributed by atoms with Crippen molar-refractivity contribution in [2.45, 2.75) is 70.6 Å². The van der Waals surface area contributed by atoms with Gasteiger partial charge < -0.3 is 0 Å². The van der Waals surface area contributed by atoms with Crippen LogP contribution in [0.4, 0.5) is 0 Å². The second-order valence-electron chi connectivity index (χ2n) is 9.00. The van der Waals surface area contributed by atoms with E-state index >= 15 is 0 Å². The third-order valence-corrected chi connectivity index (χ3v) is 7.12. The van der Waals surface area contributed by atoms with Crippen LogP contribution in [0.5, 0.6) is 0 Å². The molecule has 5 saturated carbocycles. The molecular weight excluding hydrogens is 302 g/mol. The van der Waals surface area contributed by atoms with Crippen molar-refractivity contribution in [2.75, 3.05) is 0 Å². The molecule has 0 aliphatic heterocycles. The van der Waals surface area contributed by atoms with E-state index in [-0.39, 0.29) is 17.2 Å². The van der Waals surface area contributed by atoms with Crippen molar-refractivity contribution >= 4 is 11.8 Å². The Bertz CT molecular complexity index is 551. The average molecular weight is 329 g/mol. The van der Waals surface area contributed by atoms with E-state index in [0.29, 0.717) is 19.3 Å². The molecule has 0 saturated heterocycles. The zero-order valence-corrected chi connectivity index (χ0v) is 14.3. The van der Waals surface area contributed by atoms with Crippen LogP contribution < -0.4 is 10.9 Å². The van der Waals surface area contributed by atoms with Crippen LogP contribution >= 0.6 is 0 Å². The van der Waals surface area contributed by atoms with E-state index in [1.807, 2.05) is 0 Å². The largest absolute Gasteiger partial charge is 0.273 e. The summed E-state index contributed by atoms with van der Waals surface area (Å²) >= 11 is 0. The van der Waals surface area contributed by atoms with Crippen LogP contribution in [-0.2, 0) is 9.59 Å². The smallest absolute Gasteiger partial charge is 0.258 e. The summed E-state index contributed by atoms with van der Waals surface area (Å²) in [5.41, 5.74) is 4.38. The SMILES string of the molecule is N#CC1(C(=O)NNC(=O)CC23CC4CC(CC(C4)C2)C3)CCCC1. The highest BCUT2D eigenvalue weighted by Gasteiger charge is 2.51. The first-order valence-corrected chi connectivity index (χ1v) is 9.53. The summed E-state index contributed by atoms with van der Waals surface area (Å²) in [4.78, 5) is 24.7. The maximum Gasteiger partial charge on any atom is 0.258 e. The monoisotopic (exact) mass is 329 g/mol. The fourth-order valence-electron chi connectivity index (χ4n) is 6.51. The highest BCUT2D eigenvalue weighted by atomic mass is 16.2. The highest BCUT2D eigenvalue weighted by Crippen LogP contribution is 2.61. The molecule has 2 N–H and O–H groups in total. The summed E-state index contributed by atoms with van der Waals surface area (Å²) in [5.74, 6) is 2.04. The maximum absolute atomic E-state index is 12.4. The van der Waals surface area contributed by atoms with Gasteiger partial charge in [-0.2, -0.15) is 5.26 Å². The Kier molecular flexibility index (Phi) is 3.82. The zero-order chi connectivity index (χ0) is 16.8. The fraction of sp³-hybridized carbons (Fsp3) is 0.842. The molecule has 0 atom stereocenters. The first-order valence-electron chi connectivity index (χ1n) is 9.53. The van der Waals surface area contributed by atoms with Crippen LogP contribution in [0.25, 0.3) is 0 Å². The zero-order valence-electron chi connectivity index (χ0n) is 14.3. The van der Waals surface area contributed by atoms with Gasteiger partial charge in [0.25, 0.3) is 5.91 Å². The number of rotatable bonds is 3. The van der Waals surface area contributed by atoms with Crippen LogP contribution in [0.3, 0.4) is 0 Å². The Labute approximate surface area is 143 Å². The minimum absolute atomic E-state index is 0.0867. The van der Waals surface area contributed by atoms with Gasteiger partial charge in [0, 0.05) is 6.42 Å². The Morgan fingerprint density at radius 1 is 0.958 bits per heavy atom. The van der Waals surface area contributed by atoms with Gasteiger partial charge >= 0.3 is 0 Å². The van der Waals surface area contributed by atoms with Crippen molar-refractivity contribution in [3.8, 4) is 6.07 Å². The fourth-order valence-corrected chi connectivity index (χ4v) is 6.51. The van der Waals surface area contributed by atoms with E-state index < -0.39 is 5.41 Å². The Hall–Kier alpha value is -1.57. The van der Waals surface area contributed by atoms with Gasteiger partial charge in [-0.1, -0.05) is 12.8 Å². The van der Waals surface area contributed by atoms with Gasteiger partial charge in [-0.3, -0.25) is 20.4 Å². The number of carbonyl (C=O) groups is 2. The van der Waals surface area contributed by atoms with Gasteiger partial charge in [0.1, 0.15) is 5.41 Å². The molecule has 0 aromatic carbocycles. The average Bonchev–Trinajstić information content (AvgIpc) is 3.01. The molecule has 24 heavy (non-hydrogen) atoms. The van der Waals surface area contributed by atoms with E-state index in [4.69, 9.17) is 0 Å². The number of hydrogen-bond donors (Lipinski definition) is 2. The lowest BCUT2D eigenvalue weighted by atomic mass is 9.49. The minimum Gasteiger partial charge on any atom is -0.273 e. The molecule has 0 aromatic heterocycles. The van der Waals surface area contributed by atoms with Crippen LogP contribution in [0.2, 0.25) is 0 Å². The van der Waals surface area contributed by atoms with Crippen molar-refractivity contribution in [1.29, 1.82) is 5.26 Å². The molecular formula is C19H27N3O2. The van der Waals surface area contributed by atoms with Gasteiger partial charge in [0.15, 0.2) is 0 Å². The third-order valence-electron chi connectivity index (χ3n) is 7.12. The van der Waals surface area contributed by atoms with Crippen molar-refractivity contribution in [3.05, 3.63) is 0 Å². The first kappa shape index (κ1) is 15.9. The lowest BCUT2D eigenvalue weighted by Crippen LogP contribution is -2.52. The van der Waals surface area contributed by atoms with Crippen molar-refractivity contribution in [3.63, 3.8) is 0 Å². The topological polar surface area (TPSA) is 82.0 Å². The van der Waals surface area contributed by atoms with Crippen LogP contribution in [0.15, 0.2) is 0 Å². The van der Waals surface area contributed by atoms with Crippen LogP contribution in [-0.4, -0.2) is 11.8 Å². The number of nitrogens with one attached hydrogen (secondary N) is 2. The van der Waals surface area contributed by atoms with Gasteiger partial charge in [-0.15, -0.1) is 0 Å². The van der Waals surface area contributed by atoms with Crippen LogP contribution in [0, 0.1) is 39.9 Å². The van der Waals surface area contributed by atoms with Gasteiger partial charge in [-0.05, 0) is 74.5 Å². The molecule has 0 radical (unpaired) electrons. The van der Waals surface area contributed by atoms with Crippen molar-refractivity contribution in [1.82, 2.24) is 10.9 Å². The molecule has 2 amide bonds. The second-order valence-corrected chi connectivity index (χ2v) is 9.00. The second kappa shape index (κ2) is 5.75. The number of amides is 2. The lowest BCUT2D eigenvalue weighted by Gasteiger charge is -2.56. The number of hydrogen-bond acceptors (Lipinski definition) is 3. The number of nitrogens with zero attached hydrogens (tertiary/aromatic N) is 1. The summed E-state index contributed by atoms with van der Waals surface area (Å²) in [6.45, 7) is 0. The molecule has 4 bridgehead atoms. The molecule has 130 valence electrons. The molecule has 5 fully saturated rings. The van der Waals surface area contributed by atoms with Crippen molar-refractivity contribution in [2.24, 2.45) is 28.6 Å². The predicted octanol–water partition coefficient (Wildman–Crippen LogP) is 2.82. The molecule has 0 unspecified atom stereocenters. The summed E-state index contributed by atoms with van der Waals surface area (Å²) in [6, 6.07) is 2.16. The number of hydrazine groups is 1. The molecule has 5 nitrogen and oxygen atoms in total. The van der Waals surface area contributed by atoms with E-state index in [2.05, 4.69) is 16.9 Å². The summed E-state index contributed by atoms with van der Waals surface area (Å²) < 4.78 is 0. The Morgan fingerprint density at radius 2 is 1.50 bits per heavy atom. The van der Waals surface area contributed by atoms with E-state index in [1.165, 1.54) is 38.5 Å². The van der Waals surface area contributed by atoms with E-state index in [9.17, 15) is 14.9 Å². The number of carbonyl (C=O) groups excluding carboxylic acids is 2. The minimum atomic E-state index is -0.937. The van der Waals surface area contributed by atoms with Gasteiger partial charge in [0.2, 0.25) is 5.91 Å². The first-order chi connectivity index (χ1) is 11.5. The Balaban J connectivity index is 1.33. The predicted molar refractivity (Wildman–Crippen MR) is 88.0 cm³/mol. The van der Waals surface area contributed by atoms with E-state index in [0.717, 1.165) is 30.6 Å². The molecule has 5 rings (SSSR count). The molecule has 5 aliphatic rings. The lowest BCUT2D eigenvalue weighted by molar-refractivity contribution is -0.136. The van der Waals surface area contributed by atoms with Gasteiger partial charge in [-0.25, -0.2) is 0 Å². The van der Waals surface area contributed by atoms with Gasteiger partial charge in [0.05, 0.1) is 6.07 Å². The quantitative estimate of drug-likeness (QED) is 0.781. The molecule has 0 heterocycles. The number of nitriles is 1. The normalized spacial score (nSPS) is 38.5. The molecule has 0 aromatic rings. The summed E-state index contributed by atoms with van der Waals surface area (Å²) in [6.07, 6.45) is 11.2. The molecule has 5 aliphatic carbocycles. The summed E-state index contributed by atoms with van der Waals surface area (Å²) in [7, 11) is 0. The standard InChI is InChI=1S/C19H27N3O2/c20-12-19(3-1-2-4-19)17(24)22-21-16(23)11-18-8-13-5-14(9-18)7-15(6-13)10-18/h13-15H,1-11H2,(H,21,23)(H,22,24). The molecule has 0 spiro atoms. The molecule has 5 heteroatoms. The maximum atomic E-state index is 12.4. The highest BCUT2D eigenvalue weighted by molar-refractivity contribution is 5.88. The van der Waals surface area contributed by atoms with Crippen LogP contribution in [0.1, 0.15) is 70.6 Å².